The highest BCUT2D eigenvalue weighted by molar-refractivity contribution is 7.49. The van der Waals surface area contributed by atoms with Gasteiger partial charge in [0.15, 0.2) is 5.78 Å². The second-order valence-electron chi connectivity index (χ2n) is 5.83. The fourth-order valence-corrected chi connectivity index (χ4v) is 3.16. The van der Waals surface area contributed by atoms with E-state index in [1.807, 2.05) is 5.09 Å². The molecule has 8 nitrogen and oxygen atoms in total. The van der Waals surface area contributed by atoms with Crippen molar-refractivity contribution >= 4 is 19.3 Å². The van der Waals surface area contributed by atoms with Crippen LogP contribution >= 0.6 is 7.75 Å². The number of benzene rings is 1. The first-order chi connectivity index (χ1) is 11.6. The second kappa shape index (κ2) is 7.23. The van der Waals surface area contributed by atoms with Gasteiger partial charge in [0.05, 0.1) is 0 Å². The first-order valence-electron chi connectivity index (χ1n) is 7.38. The van der Waals surface area contributed by atoms with E-state index in [2.05, 4.69) is 0 Å². The highest BCUT2D eigenvalue weighted by Crippen LogP contribution is 2.35. The minimum absolute atomic E-state index is 0.0437. The fourth-order valence-electron chi connectivity index (χ4n) is 2.63. The van der Waals surface area contributed by atoms with Crippen LogP contribution in [0.1, 0.15) is 24.8 Å². The van der Waals surface area contributed by atoms with Crippen LogP contribution in [-0.2, 0) is 14.2 Å². The normalized spacial score (nSPS) is 19.0. The molecule has 2 unspecified atom stereocenters. The number of nitrogens with one attached hydrogen (secondary N) is 1. The average Bonchev–Trinajstić information content (AvgIpc) is 2.44. The number of aliphatic hydroxyl groups is 1. The molecule has 25 heavy (non-hydrogen) atoms. The van der Waals surface area contributed by atoms with Crippen LogP contribution < -0.4 is 5.09 Å². The van der Waals surface area contributed by atoms with Gasteiger partial charge in [0, 0.05) is 24.3 Å². The molecule has 0 radical (unpaired) electrons. The zero-order valence-electron chi connectivity index (χ0n) is 13.3. The van der Waals surface area contributed by atoms with E-state index in [4.69, 9.17) is 9.79 Å². The summed E-state index contributed by atoms with van der Waals surface area (Å²) in [5, 5.41) is 20.8. The highest BCUT2D eigenvalue weighted by atomic mass is 31.2. The van der Waals surface area contributed by atoms with Crippen LogP contribution in [-0.4, -0.2) is 31.6 Å². The molecule has 2 atom stereocenters. The summed E-state index contributed by atoms with van der Waals surface area (Å²) in [5.41, 5.74) is 0.343. The lowest BCUT2D eigenvalue weighted by Gasteiger charge is -2.23. The summed E-state index contributed by atoms with van der Waals surface area (Å²) < 4.78 is 11.2. The topological polar surface area (TPSA) is 144 Å². The quantitative estimate of drug-likeness (QED) is 0.377. The molecule has 1 aliphatic carbocycles. The van der Waals surface area contributed by atoms with Crippen LogP contribution in [0.25, 0.3) is 0 Å². The summed E-state index contributed by atoms with van der Waals surface area (Å²) in [4.78, 5) is 42.7. The lowest BCUT2D eigenvalue weighted by atomic mass is 9.85. The van der Waals surface area contributed by atoms with E-state index >= 15 is 0 Å². The summed E-state index contributed by atoms with van der Waals surface area (Å²) >= 11 is 0. The van der Waals surface area contributed by atoms with E-state index in [1.165, 1.54) is 12.1 Å². The van der Waals surface area contributed by atoms with Gasteiger partial charge in [0.25, 0.3) is 0 Å². The summed E-state index contributed by atoms with van der Waals surface area (Å²) in [6, 6.07) is 6.33. The van der Waals surface area contributed by atoms with Gasteiger partial charge < -0.3 is 20.0 Å². The maximum Gasteiger partial charge on any atom is 0.427 e. The van der Waals surface area contributed by atoms with Gasteiger partial charge in [-0.3, -0.25) is 14.7 Å². The molecule has 1 aromatic carbocycles. The van der Waals surface area contributed by atoms with Crippen molar-refractivity contribution in [1.29, 1.82) is 0 Å². The van der Waals surface area contributed by atoms with Gasteiger partial charge in [0.1, 0.15) is 23.2 Å². The predicted molar refractivity (Wildman–Crippen MR) is 88.6 cm³/mol. The Balaban J connectivity index is 2.22. The van der Waals surface area contributed by atoms with E-state index in [0.717, 1.165) is 12.2 Å². The van der Waals surface area contributed by atoms with Crippen molar-refractivity contribution in [2.24, 2.45) is 5.92 Å². The van der Waals surface area contributed by atoms with Gasteiger partial charge in [-0.2, -0.15) is 0 Å². The number of allylic oxidation sites excluding steroid dienone is 3. The van der Waals surface area contributed by atoms with Crippen molar-refractivity contribution in [3.63, 3.8) is 0 Å². The standard InChI is InChI=1S/C16H18NO7P/c1-9(10-3-2-4-11(18)6-10)5-14(20)16-13(17-25(22,23)24)7-12(19)8-15(16)21/h2-4,6-9,16,18-19H,5H2,1H3,(H3,17,22,23,24). The van der Waals surface area contributed by atoms with E-state index in [9.17, 15) is 24.4 Å². The Bertz CT molecular complexity index is 808. The Morgan fingerprint density at radius 3 is 2.56 bits per heavy atom. The molecule has 0 bridgehead atoms. The number of hydrogen-bond donors (Lipinski definition) is 5. The van der Waals surface area contributed by atoms with Gasteiger partial charge in [-0.1, -0.05) is 19.1 Å². The van der Waals surface area contributed by atoms with Crippen LogP contribution in [0.3, 0.4) is 0 Å². The third kappa shape index (κ3) is 5.03. The molecule has 1 aliphatic rings. The third-order valence-corrected chi connectivity index (χ3v) is 4.28. The van der Waals surface area contributed by atoms with Crippen molar-refractivity contribution in [2.45, 2.75) is 19.3 Å². The second-order valence-corrected chi connectivity index (χ2v) is 7.14. The smallest absolute Gasteiger partial charge is 0.427 e. The molecular formula is C16H18NO7P. The molecule has 0 spiro atoms. The van der Waals surface area contributed by atoms with Crippen LogP contribution in [0.15, 0.2) is 47.9 Å². The molecular weight excluding hydrogens is 349 g/mol. The molecule has 0 fully saturated rings. The van der Waals surface area contributed by atoms with E-state index in [1.54, 1.807) is 19.1 Å². The number of aromatic hydroxyl groups is 1. The van der Waals surface area contributed by atoms with Crippen LogP contribution in [0.5, 0.6) is 5.75 Å². The van der Waals surface area contributed by atoms with Crippen molar-refractivity contribution in [3.8, 4) is 5.75 Å². The fraction of sp³-hybridized carbons (Fsp3) is 0.250. The molecule has 134 valence electrons. The largest absolute Gasteiger partial charge is 0.508 e. The first kappa shape index (κ1) is 18.9. The molecule has 1 aromatic rings. The Labute approximate surface area is 143 Å². The summed E-state index contributed by atoms with van der Waals surface area (Å²) in [5.74, 6) is -3.53. The van der Waals surface area contributed by atoms with Crippen molar-refractivity contribution < 1.29 is 34.2 Å². The minimum atomic E-state index is -4.76. The summed E-state index contributed by atoms with van der Waals surface area (Å²) in [6.07, 6.45) is 1.70. The Morgan fingerprint density at radius 2 is 1.96 bits per heavy atom. The number of aliphatic hydroxyl groups excluding tert-OH is 1. The molecule has 0 saturated carbocycles. The number of hydrogen-bond acceptors (Lipinski definition) is 5. The molecule has 0 saturated heterocycles. The predicted octanol–water partition coefficient (Wildman–Crippen LogP) is 1.66. The Kier molecular flexibility index (Phi) is 5.47. The number of phenols is 1. The number of ketones is 2. The zero-order valence-corrected chi connectivity index (χ0v) is 14.2. The zero-order chi connectivity index (χ0) is 18.8. The molecule has 0 aliphatic heterocycles. The SMILES string of the molecule is CC(CC(=O)C1C(=O)C=C(O)C=C1NP(=O)(O)O)c1cccc(O)c1. The Hall–Kier alpha value is -2.41. The number of carbonyl (C=O) groups excluding carboxylic acids is 2. The first-order valence-corrected chi connectivity index (χ1v) is 8.99. The highest BCUT2D eigenvalue weighted by Gasteiger charge is 2.35. The summed E-state index contributed by atoms with van der Waals surface area (Å²) in [6.45, 7) is 1.73. The lowest BCUT2D eigenvalue weighted by Crippen LogP contribution is -2.33. The van der Waals surface area contributed by atoms with E-state index in [-0.39, 0.29) is 23.8 Å². The average molecular weight is 367 g/mol. The third-order valence-electron chi connectivity index (χ3n) is 3.73. The van der Waals surface area contributed by atoms with E-state index < -0.39 is 31.0 Å². The van der Waals surface area contributed by atoms with Crippen LogP contribution in [0, 0.1) is 5.92 Å². The number of rotatable bonds is 6. The molecule has 0 heterocycles. The van der Waals surface area contributed by atoms with Gasteiger partial charge in [-0.05, 0) is 23.6 Å². The van der Waals surface area contributed by atoms with Crippen molar-refractivity contribution in [1.82, 2.24) is 5.09 Å². The maximum absolute atomic E-state index is 12.6. The van der Waals surface area contributed by atoms with E-state index in [0.29, 0.717) is 5.56 Å². The molecule has 0 amide bonds. The molecule has 5 N–H and O–H groups in total. The van der Waals surface area contributed by atoms with Gasteiger partial charge in [-0.15, -0.1) is 0 Å². The molecule has 0 aromatic heterocycles. The Morgan fingerprint density at radius 1 is 1.28 bits per heavy atom. The monoisotopic (exact) mass is 367 g/mol. The van der Waals surface area contributed by atoms with Crippen molar-refractivity contribution in [3.05, 3.63) is 53.4 Å². The van der Waals surface area contributed by atoms with Gasteiger partial charge in [-0.25, -0.2) is 4.57 Å². The molecule has 9 heteroatoms. The summed E-state index contributed by atoms with van der Waals surface area (Å²) in [7, 11) is -4.76. The number of carbonyl (C=O) groups is 2. The maximum atomic E-state index is 12.6. The van der Waals surface area contributed by atoms with Gasteiger partial charge >= 0.3 is 7.75 Å². The lowest BCUT2D eigenvalue weighted by molar-refractivity contribution is -0.129. The van der Waals surface area contributed by atoms with Crippen LogP contribution in [0.2, 0.25) is 0 Å². The molecule has 2 rings (SSSR count). The van der Waals surface area contributed by atoms with Crippen molar-refractivity contribution in [2.75, 3.05) is 0 Å². The number of phenolic OH excluding ortho intramolecular Hbond substituents is 1. The minimum Gasteiger partial charge on any atom is -0.508 e. The number of Topliss-reactive ketones (excluding diaryl/α,β-unsaturated/α-hetero) is 1. The van der Waals surface area contributed by atoms with Gasteiger partial charge in [0.2, 0.25) is 0 Å². The van der Waals surface area contributed by atoms with Crippen LogP contribution in [0.4, 0.5) is 0 Å².